The molecule has 0 saturated carbocycles. The SMILES string of the molecule is COc1ccc(OCCCn2c(CCNC(=O)C(C)C)nc3ccccc32)cc1. The van der Waals surface area contributed by atoms with Gasteiger partial charge in [-0.3, -0.25) is 4.79 Å². The van der Waals surface area contributed by atoms with Crippen molar-refractivity contribution in [3.63, 3.8) is 0 Å². The number of aryl methyl sites for hydroxylation is 1. The van der Waals surface area contributed by atoms with Crippen LogP contribution in [0.15, 0.2) is 48.5 Å². The van der Waals surface area contributed by atoms with Gasteiger partial charge in [0.25, 0.3) is 0 Å². The van der Waals surface area contributed by atoms with Gasteiger partial charge in [0.15, 0.2) is 0 Å². The van der Waals surface area contributed by atoms with Crippen LogP contribution in [0.4, 0.5) is 0 Å². The minimum Gasteiger partial charge on any atom is -0.497 e. The maximum absolute atomic E-state index is 11.8. The van der Waals surface area contributed by atoms with Crippen molar-refractivity contribution in [2.45, 2.75) is 33.2 Å². The van der Waals surface area contributed by atoms with Crippen LogP contribution in [0.5, 0.6) is 11.5 Å². The standard InChI is InChI=1S/C23H29N3O3/c1-17(2)23(27)24-14-13-22-25-20-7-4-5-8-21(20)26(22)15-6-16-29-19-11-9-18(28-3)10-12-19/h4-5,7-12,17H,6,13-16H2,1-3H3,(H,24,27). The Balaban J connectivity index is 1.60. The average Bonchev–Trinajstić information content (AvgIpc) is 3.09. The lowest BCUT2D eigenvalue weighted by Gasteiger charge is -2.12. The summed E-state index contributed by atoms with van der Waals surface area (Å²) in [5, 5.41) is 2.97. The number of para-hydroxylation sites is 2. The van der Waals surface area contributed by atoms with Crippen LogP contribution in [0.3, 0.4) is 0 Å². The molecular weight excluding hydrogens is 366 g/mol. The molecule has 0 fully saturated rings. The Morgan fingerprint density at radius 3 is 2.55 bits per heavy atom. The molecule has 1 amide bonds. The summed E-state index contributed by atoms with van der Waals surface area (Å²) in [5.41, 5.74) is 2.09. The van der Waals surface area contributed by atoms with Crippen LogP contribution < -0.4 is 14.8 Å². The molecule has 1 N–H and O–H groups in total. The number of nitrogens with zero attached hydrogens (tertiary/aromatic N) is 2. The van der Waals surface area contributed by atoms with Gasteiger partial charge in [-0.1, -0.05) is 26.0 Å². The van der Waals surface area contributed by atoms with Crippen LogP contribution in [0.2, 0.25) is 0 Å². The third-order valence-corrected chi connectivity index (χ3v) is 4.76. The summed E-state index contributed by atoms with van der Waals surface area (Å²) < 4.78 is 13.2. The summed E-state index contributed by atoms with van der Waals surface area (Å²) in [5.74, 6) is 2.69. The Bertz CT molecular complexity index is 932. The lowest BCUT2D eigenvalue weighted by atomic mass is 10.2. The lowest BCUT2D eigenvalue weighted by Crippen LogP contribution is -2.30. The van der Waals surface area contributed by atoms with E-state index in [0.717, 1.165) is 41.3 Å². The second-order valence-corrected chi connectivity index (χ2v) is 7.24. The van der Waals surface area contributed by atoms with Crippen molar-refractivity contribution in [1.82, 2.24) is 14.9 Å². The molecule has 29 heavy (non-hydrogen) atoms. The Labute approximate surface area is 171 Å². The molecule has 6 nitrogen and oxygen atoms in total. The summed E-state index contributed by atoms with van der Waals surface area (Å²) >= 11 is 0. The maximum Gasteiger partial charge on any atom is 0.222 e. The van der Waals surface area contributed by atoms with Gasteiger partial charge in [0.05, 0.1) is 24.8 Å². The third kappa shape index (κ3) is 5.50. The molecule has 0 aliphatic heterocycles. The number of benzene rings is 2. The van der Waals surface area contributed by atoms with Crippen LogP contribution in [0.1, 0.15) is 26.1 Å². The van der Waals surface area contributed by atoms with E-state index in [2.05, 4.69) is 16.0 Å². The predicted molar refractivity (Wildman–Crippen MR) is 114 cm³/mol. The molecule has 0 aliphatic carbocycles. The maximum atomic E-state index is 11.8. The van der Waals surface area contributed by atoms with Crippen molar-refractivity contribution < 1.29 is 14.3 Å². The molecule has 1 aromatic heterocycles. The number of carbonyl (C=O) groups is 1. The topological polar surface area (TPSA) is 65.4 Å². The van der Waals surface area contributed by atoms with E-state index in [4.69, 9.17) is 14.5 Å². The van der Waals surface area contributed by atoms with Crippen molar-refractivity contribution in [3.05, 3.63) is 54.4 Å². The Morgan fingerprint density at radius 1 is 1.10 bits per heavy atom. The van der Waals surface area contributed by atoms with Gasteiger partial charge in [-0.05, 0) is 42.8 Å². The Hall–Kier alpha value is -3.02. The first-order chi connectivity index (χ1) is 14.1. The fraction of sp³-hybridized carbons (Fsp3) is 0.391. The fourth-order valence-corrected chi connectivity index (χ4v) is 3.15. The highest BCUT2D eigenvalue weighted by atomic mass is 16.5. The number of imidazole rings is 1. The van der Waals surface area contributed by atoms with Crippen LogP contribution in [-0.4, -0.2) is 35.7 Å². The molecule has 6 heteroatoms. The summed E-state index contributed by atoms with van der Waals surface area (Å²) in [6, 6.07) is 15.7. The molecule has 0 radical (unpaired) electrons. The highest BCUT2D eigenvalue weighted by Gasteiger charge is 2.12. The van der Waals surface area contributed by atoms with Gasteiger partial charge in [-0.25, -0.2) is 4.98 Å². The van der Waals surface area contributed by atoms with E-state index in [1.165, 1.54) is 0 Å². The predicted octanol–water partition coefficient (Wildman–Crippen LogP) is 3.83. The Kier molecular flexibility index (Phi) is 7.11. The number of hydrogen-bond acceptors (Lipinski definition) is 4. The Morgan fingerprint density at radius 2 is 1.83 bits per heavy atom. The molecule has 0 saturated heterocycles. The van der Waals surface area contributed by atoms with Gasteiger partial charge in [-0.2, -0.15) is 0 Å². The highest BCUT2D eigenvalue weighted by Crippen LogP contribution is 2.19. The molecule has 0 aliphatic rings. The van der Waals surface area contributed by atoms with Crippen molar-refractivity contribution in [1.29, 1.82) is 0 Å². The third-order valence-electron chi connectivity index (χ3n) is 4.76. The molecule has 3 rings (SSSR count). The zero-order valence-corrected chi connectivity index (χ0v) is 17.4. The molecule has 0 atom stereocenters. The molecule has 3 aromatic rings. The quantitative estimate of drug-likeness (QED) is 0.530. The first-order valence-electron chi connectivity index (χ1n) is 10.1. The summed E-state index contributed by atoms with van der Waals surface area (Å²) in [6.07, 6.45) is 1.56. The summed E-state index contributed by atoms with van der Waals surface area (Å²) in [7, 11) is 1.65. The molecule has 1 heterocycles. The van der Waals surface area contributed by atoms with Crippen LogP contribution in [0, 0.1) is 5.92 Å². The molecular formula is C23H29N3O3. The van der Waals surface area contributed by atoms with Crippen molar-refractivity contribution in [2.75, 3.05) is 20.3 Å². The van der Waals surface area contributed by atoms with E-state index in [1.54, 1.807) is 7.11 Å². The van der Waals surface area contributed by atoms with Crippen molar-refractivity contribution >= 4 is 16.9 Å². The normalized spacial score (nSPS) is 11.0. The smallest absolute Gasteiger partial charge is 0.222 e. The summed E-state index contributed by atoms with van der Waals surface area (Å²) in [4.78, 5) is 16.6. The van der Waals surface area contributed by atoms with E-state index in [-0.39, 0.29) is 11.8 Å². The number of ether oxygens (including phenoxy) is 2. The molecule has 0 bridgehead atoms. The molecule has 154 valence electrons. The van der Waals surface area contributed by atoms with E-state index >= 15 is 0 Å². The number of aromatic nitrogens is 2. The number of nitrogens with one attached hydrogen (secondary N) is 1. The monoisotopic (exact) mass is 395 g/mol. The van der Waals surface area contributed by atoms with E-state index in [1.807, 2.05) is 56.3 Å². The van der Waals surface area contributed by atoms with Crippen molar-refractivity contribution in [2.24, 2.45) is 5.92 Å². The van der Waals surface area contributed by atoms with Gasteiger partial charge in [-0.15, -0.1) is 0 Å². The number of fused-ring (bicyclic) bond motifs is 1. The molecule has 2 aromatic carbocycles. The highest BCUT2D eigenvalue weighted by molar-refractivity contribution is 5.78. The van der Waals surface area contributed by atoms with E-state index < -0.39 is 0 Å². The number of carbonyl (C=O) groups excluding carboxylic acids is 1. The zero-order valence-electron chi connectivity index (χ0n) is 17.4. The van der Waals surface area contributed by atoms with Gasteiger partial charge in [0, 0.05) is 25.4 Å². The molecule has 0 spiro atoms. The number of amides is 1. The largest absolute Gasteiger partial charge is 0.497 e. The van der Waals surface area contributed by atoms with Gasteiger partial charge in [0.1, 0.15) is 17.3 Å². The minimum absolute atomic E-state index is 0.0103. The van der Waals surface area contributed by atoms with Crippen LogP contribution in [0.25, 0.3) is 11.0 Å². The number of rotatable bonds is 10. The average molecular weight is 396 g/mol. The van der Waals surface area contributed by atoms with Crippen LogP contribution in [-0.2, 0) is 17.8 Å². The number of methoxy groups -OCH3 is 1. The second-order valence-electron chi connectivity index (χ2n) is 7.24. The number of hydrogen-bond donors (Lipinski definition) is 1. The van der Waals surface area contributed by atoms with Gasteiger partial charge >= 0.3 is 0 Å². The van der Waals surface area contributed by atoms with Crippen LogP contribution >= 0.6 is 0 Å². The fourth-order valence-electron chi connectivity index (χ4n) is 3.15. The van der Waals surface area contributed by atoms with Gasteiger partial charge < -0.3 is 19.4 Å². The summed E-state index contributed by atoms with van der Waals surface area (Å²) in [6.45, 7) is 5.80. The second kappa shape index (κ2) is 9.96. The van der Waals surface area contributed by atoms with E-state index in [9.17, 15) is 4.79 Å². The van der Waals surface area contributed by atoms with Crippen molar-refractivity contribution in [3.8, 4) is 11.5 Å². The molecule has 0 unspecified atom stereocenters. The minimum atomic E-state index is -0.0103. The first-order valence-corrected chi connectivity index (χ1v) is 10.1. The lowest BCUT2D eigenvalue weighted by molar-refractivity contribution is -0.123. The van der Waals surface area contributed by atoms with Gasteiger partial charge in [0.2, 0.25) is 5.91 Å². The van der Waals surface area contributed by atoms with E-state index in [0.29, 0.717) is 19.6 Å². The first kappa shape index (κ1) is 20.7. The zero-order chi connectivity index (χ0) is 20.6.